The van der Waals surface area contributed by atoms with Crippen LogP contribution in [0, 0.1) is 6.92 Å². The summed E-state index contributed by atoms with van der Waals surface area (Å²) >= 11 is 1.25. The first-order valence-corrected chi connectivity index (χ1v) is 16.4. The zero-order valence-electron chi connectivity index (χ0n) is 26.5. The number of para-hydroxylation sites is 1. The van der Waals surface area contributed by atoms with Crippen molar-refractivity contribution in [1.29, 1.82) is 0 Å². The molecule has 1 aliphatic rings. The van der Waals surface area contributed by atoms with E-state index in [1.165, 1.54) is 23.8 Å². The van der Waals surface area contributed by atoms with Crippen molar-refractivity contribution in [2.45, 2.75) is 96.6 Å². The van der Waals surface area contributed by atoms with Gasteiger partial charge >= 0.3 is 5.69 Å². The number of fused-ring (bicyclic) bond motifs is 1. The highest BCUT2D eigenvalue weighted by molar-refractivity contribution is 7.22. The number of aryl methyl sites for hydroxylation is 1. The van der Waals surface area contributed by atoms with E-state index in [4.69, 9.17) is 13.9 Å². The van der Waals surface area contributed by atoms with Crippen LogP contribution in [0.2, 0.25) is 0 Å². The molecule has 12 heteroatoms. The number of oxazole rings is 1. The molecule has 3 aromatic heterocycles. The van der Waals surface area contributed by atoms with E-state index in [0.29, 0.717) is 70.9 Å². The van der Waals surface area contributed by atoms with Crippen LogP contribution in [0.1, 0.15) is 76.5 Å². The number of aromatic nitrogens is 3. The quantitative estimate of drug-likeness (QED) is 0.223. The highest BCUT2D eigenvalue weighted by Crippen LogP contribution is 2.38. The fourth-order valence-electron chi connectivity index (χ4n) is 6.06. The monoisotopic (exact) mass is 638 g/mol. The second-order valence-corrected chi connectivity index (χ2v) is 12.8. The number of thiophene rings is 1. The minimum Gasteiger partial charge on any atom is -0.496 e. The van der Waals surface area contributed by atoms with Gasteiger partial charge in [-0.25, -0.2) is 14.3 Å². The summed E-state index contributed by atoms with van der Waals surface area (Å²) in [4.78, 5) is 48.0. The molecule has 1 amide bonds. The minimum absolute atomic E-state index is 0.0520. The molecule has 242 valence electrons. The minimum atomic E-state index is -1.45. The standard InChI is InChI=1S/C33H42N4O7S/c1-6-16-35-31(40)33(4,7-2)37-29(39)26-20(3)27(28-34-17-18-43-28)45-30(26)36(32(37)41)19-25(23-10-8-9-11-24(23)42-5)44-22-14-12-21(38)13-15-22/h8-11,17-18,21-22,25,38H,6-7,12-16,19H2,1-5H3,(H,35,40)/t21?,22?,25-,33?/m0/s1. The number of rotatable bonds is 12. The van der Waals surface area contributed by atoms with Gasteiger partial charge in [0, 0.05) is 12.1 Å². The summed E-state index contributed by atoms with van der Waals surface area (Å²) in [5.41, 5.74) is -1.22. The molecular weight excluding hydrogens is 596 g/mol. The molecule has 0 radical (unpaired) electrons. The summed E-state index contributed by atoms with van der Waals surface area (Å²) < 4.78 is 20.7. The topological polar surface area (TPSA) is 138 Å². The summed E-state index contributed by atoms with van der Waals surface area (Å²) in [6.45, 7) is 7.65. The van der Waals surface area contributed by atoms with Crippen LogP contribution in [0.3, 0.4) is 0 Å². The van der Waals surface area contributed by atoms with Crippen molar-refractivity contribution < 1.29 is 23.8 Å². The van der Waals surface area contributed by atoms with Crippen LogP contribution in [0.4, 0.5) is 0 Å². The molecule has 0 bridgehead atoms. The summed E-state index contributed by atoms with van der Waals surface area (Å²) in [5.74, 6) is 0.558. The smallest absolute Gasteiger partial charge is 0.333 e. The van der Waals surface area contributed by atoms with Crippen molar-refractivity contribution in [2.24, 2.45) is 0 Å². The highest BCUT2D eigenvalue weighted by atomic mass is 32.1. The van der Waals surface area contributed by atoms with Gasteiger partial charge in [-0.1, -0.05) is 32.0 Å². The number of aliphatic hydroxyl groups is 1. The molecule has 0 spiro atoms. The van der Waals surface area contributed by atoms with Crippen LogP contribution in [-0.4, -0.2) is 51.0 Å². The molecule has 1 aliphatic carbocycles. The van der Waals surface area contributed by atoms with Crippen molar-refractivity contribution >= 4 is 27.5 Å². The van der Waals surface area contributed by atoms with Crippen LogP contribution in [0.25, 0.3) is 21.0 Å². The molecule has 4 aromatic rings. The predicted octanol–water partition coefficient (Wildman–Crippen LogP) is 4.91. The Bertz CT molecular complexity index is 1750. The number of nitrogens with one attached hydrogen (secondary N) is 1. The Labute approximate surface area is 265 Å². The molecule has 0 saturated heterocycles. The Morgan fingerprint density at radius 1 is 1.22 bits per heavy atom. The summed E-state index contributed by atoms with van der Waals surface area (Å²) in [6.07, 6.45) is 5.40. The number of methoxy groups -OCH3 is 1. The number of hydrogen-bond acceptors (Lipinski definition) is 9. The molecule has 2 N–H and O–H groups in total. The molecule has 45 heavy (non-hydrogen) atoms. The first-order valence-electron chi connectivity index (χ1n) is 15.6. The lowest BCUT2D eigenvalue weighted by molar-refractivity contribution is -0.129. The number of hydrogen-bond donors (Lipinski definition) is 2. The maximum absolute atomic E-state index is 14.6. The molecule has 3 heterocycles. The number of benzene rings is 1. The number of nitrogens with zero attached hydrogens (tertiary/aromatic N) is 3. The maximum atomic E-state index is 14.6. The summed E-state index contributed by atoms with van der Waals surface area (Å²) in [7, 11) is 1.59. The average molecular weight is 639 g/mol. The van der Waals surface area contributed by atoms with Gasteiger partial charge in [-0.3, -0.25) is 14.2 Å². The third kappa shape index (κ3) is 6.23. The third-order valence-corrected chi connectivity index (χ3v) is 10.2. The Balaban J connectivity index is 1.75. The van der Waals surface area contributed by atoms with Crippen molar-refractivity contribution in [3.63, 3.8) is 0 Å². The predicted molar refractivity (Wildman–Crippen MR) is 173 cm³/mol. The van der Waals surface area contributed by atoms with E-state index in [-0.39, 0.29) is 25.2 Å². The lowest BCUT2D eigenvalue weighted by Gasteiger charge is -2.32. The molecule has 1 unspecified atom stereocenters. The van der Waals surface area contributed by atoms with E-state index in [1.54, 1.807) is 32.4 Å². The van der Waals surface area contributed by atoms with Gasteiger partial charge in [0.25, 0.3) is 5.56 Å². The Morgan fingerprint density at radius 2 is 1.96 bits per heavy atom. The molecule has 11 nitrogen and oxygen atoms in total. The van der Waals surface area contributed by atoms with Gasteiger partial charge in [-0.15, -0.1) is 11.3 Å². The molecule has 1 saturated carbocycles. The van der Waals surface area contributed by atoms with Crippen molar-refractivity contribution in [2.75, 3.05) is 13.7 Å². The Morgan fingerprint density at radius 3 is 2.60 bits per heavy atom. The number of amides is 1. The van der Waals surface area contributed by atoms with E-state index >= 15 is 0 Å². The van der Waals surface area contributed by atoms with E-state index in [0.717, 1.165) is 10.1 Å². The van der Waals surface area contributed by atoms with Crippen molar-refractivity contribution in [3.05, 3.63) is 68.7 Å². The number of carbonyl (C=O) groups excluding carboxylic acids is 1. The van der Waals surface area contributed by atoms with Crippen molar-refractivity contribution in [1.82, 2.24) is 19.4 Å². The molecule has 2 atom stereocenters. The molecular formula is C33H42N4O7S. The van der Waals surface area contributed by atoms with Gasteiger partial charge in [-0.2, -0.15) is 0 Å². The fraction of sp³-hybridized carbons (Fsp3) is 0.515. The zero-order valence-corrected chi connectivity index (χ0v) is 27.3. The van der Waals surface area contributed by atoms with Crippen LogP contribution >= 0.6 is 11.3 Å². The second kappa shape index (κ2) is 13.7. The van der Waals surface area contributed by atoms with E-state index < -0.39 is 28.8 Å². The highest BCUT2D eigenvalue weighted by Gasteiger charge is 2.39. The van der Waals surface area contributed by atoms with E-state index in [1.807, 2.05) is 31.2 Å². The van der Waals surface area contributed by atoms with Gasteiger partial charge in [0.2, 0.25) is 11.8 Å². The Kier molecular flexibility index (Phi) is 9.95. The molecule has 1 aromatic carbocycles. The van der Waals surface area contributed by atoms with Gasteiger partial charge < -0.3 is 24.3 Å². The summed E-state index contributed by atoms with van der Waals surface area (Å²) in [5, 5.41) is 13.3. The van der Waals surface area contributed by atoms with Gasteiger partial charge in [0.05, 0.1) is 42.3 Å². The van der Waals surface area contributed by atoms with E-state index in [9.17, 15) is 19.5 Å². The second-order valence-electron chi connectivity index (χ2n) is 11.8. The summed E-state index contributed by atoms with van der Waals surface area (Å²) in [6, 6.07) is 7.51. The van der Waals surface area contributed by atoms with Crippen LogP contribution in [0.15, 0.2) is 50.7 Å². The van der Waals surface area contributed by atoms with Gasteiger partial charge in [0.1, 0.15) is 28.5 Å². The SMILES string of the molecule is CCCNC(=O)C(C)(CC)n1c(=O)c2c(C)c(-c3ncco3)sc2n(C[C@H](OC2CCC(O)CC2)c2ccccc2OC)c1=O. The van der Waals surface area contributed by atoms with Crippen LogP contribution in [-0.2, 0) is 21.6 Å². The third-order valence-electron chi connectivity index (χ3n) is 8.88. The lowest BCUT2D eigenvalue weighted by Crippen LogP contribution is -2.57. The number of aliphatic hydroxyl groups excluding tert-OH is 1. The lowest BCUT2D eigenvalue weighted by atomic mass is 9.94. The first-order chi connectivity index (χ1) is 21.6. The average Bonchev–Trinajstić information content (AvgIpc) is 3.70. The van der Waals surface area contributed by atoms with Gasteiger partial charge in [0.15, 0.2) is 0 Å². The molecule has 0 aliphatic heterocycles. The molecule has 1 fully saturated rings. The van der Waals surface area contributed by atoms with Crippen LogP contribution < -0.4 is 21.3 Å². The van der Waals surface area contributed by atoms with E-state index in [2.05, 4.69) is 10.3 Å². The fourth-order valence-corrected chi connectivity index (χ4v) is 7.30. The molecule has 5 rings (SSSR count). The first kappa shape index (κ1) is 32.6. The Hall–Kier alpha value is -3.74. The maximum Gasteiger partial charge on any atom is 0.333 e. The number of carbonyl (C=O) groups is 1. The zero-order chi connectivity index (χ0) is 32.3. The van der Waals surface area contributed by atoms with Crippen molar-refractivity contribution in [3.8, 4) is 16.5 Å². The normalized spacial score (nSPS) is 18.9. The number of ether oxygens (including phenoxy) is 2. The van der Waals surface area contributed by atoms with Gasteiger partial charge in [-0.05, 0) is 64.0 Å². The van der Waals surface area contributed by atoms with Crippen LogP contribution in [0.5, 0.6) is 5.75 Å². The largest absolute Gasteiger partial charge is 0.496 e.